The summed E-state index contributed by atoms with van der Waals surface area (Å²) in [5.74, 6) is -1.34. The van der Waals surface area contributed by atoms with Gasteiger partial charge in [-0.05, 0) is 36.4 Å². The number of nitrogens with one attached hydrogen (secondary N) is 1. The van der Waals surface area contributed by atoms with E-state index >= 15 is 0 Å². The molecule has 0 saturated carbocycles. The van der Waals surface area contributed by atoms with Crippen LogP contribution in [-0.2, 0) is 12.4 Å². The van der Waals surface area contributed by atoms with Gasteiger partial charge in [-0.15, -0.1) is 0 Å². The summed E-state index contributed by atoms with van der Waals surface area (Å²) in [6, 6.07) is 10.8. The van der Waals surface area contributed by atoms with Crippen LogP contribution in [0, 0.1) is 0 Å². The van der Waals surface area contributed by atoms with Crippen LogP contribution in [-0.4, -0.2) is 15.7 Å². The lowest BCUT2D eigenvalue weighted by atomic mass is 10.1. The van der Waals surface area contributed by atoms with Gasteiger partial charge in [0.05, 0.1) is 16.8 Å². The summed E-state index contributed by atoms with van der Waals surface area (Å²) in [6.07, 6.45) is -9.67. The number of carbonyl (C=O) groups excluding carboxylic acids is 1. The summed E-state index contributed by atoms with van der Waals surface area (Å²) in [5, 5.41) is 5.62. The molecule has 0 aliphatic heterocycles. The second-order valence-corrected chi connectivity index (χ2v) is 6.02. The van der Waals surface area contributed by atoms with Gasteiger partial charge < -0.3 is 5.32 Å². The molecule has 0 spiro atoms. The molecule has 0 saturated heterocycles. The SMILES string of the molecule is O=C(Nc1ccc(C(F)(F)F)cc1)c1nn(-c2ccccc2)c(=O)cc1C(F)(F)F. The monoisotopic (exact) mass is 427 g/mol. The average Bonchev–Trinajstić information content (AvgIpc) is 2.67. The fourth-order valence-corrected chi connectivity index (χ4v) is 2.53. The second-order valence-electron chi connectivity index (χ2n) is 6.02. The number of benzene rings is 2. The highest BCUT2D eigenvalue weighted by atomic mass is 19.4. The van der Waals surface area contributed by atoms with Crippen LogP contribution in [0.25, 0.3) is 5.69 Å². The van der Waals surface area contributed by atoms with Gasteiger partial charge in [-0.3, -0.25) is 9.59 Å². The normalized spacial score (nSPS) is 11.9. The first-order valence-electron chi connectivity index (χ1n) is 8.22. The lowest BCUT2D eigenvalue weighted by molar-refractivity contribution is -0.138. The number of hydrogen-bond acceptors (Lipinski definition) is 3. The maximum atomic E-state index is 13.4. The number of amides is 1. The summed E-state index contributed by atoms with van der Waals surface area (Å²) >= 11 is 0. The average molecular weight is 427 g/mol. The van der Waals surface area contributed by atoms with Gasteiger partial charge in [0.2, 0.25) is 0 Å². The third-order valence-corrected chi connectivity index (χ3v) is 3.92. The smallest absolute Gasteiger partial charge is 0.321 e. The lowest BCUT2D eigenvalue weighted by Crippen LogP contribution is -2.30. The van der Waals surface area contributed by atoms with E-state index in [0.29, 0.717) is 16.8 Å². The first-order valence-corrected chi connectivity index (χ1v) is 8.22. The second kappa shape index (κ2) is 7.65. The molecule has 0 atom stereocenters. The van der Waals surface area contributed by atoms with Crippen molar-refractivity contribution >= 4 is 11.6 Å². The number of hydrogen-bond donors (Lipinski definition) is 1. The van der Waals surface area contributed by atoms with Crippen molar-refractivity contribution in [3.63, 3.8) is 0 Å². The van der Waals surface area contributed by atoms with E-state index in [-0.39, 0.29) is 17.4 Å². The zero-order valence-electron chi connectivity index (χ0n) is 14.8. The van der Waals surface area contributed by atoms with Crippen molar-refractivity contribution in [1.82, 2.24) is 9.78 Å². The van der Waals surface area contributed by atoms with Crippen LogP contribution in [0.3, 0.4) is 0 Å². The molecule has 0 radical (unpaired) electrons. The first kappa shape index (κ1) is 21.1. The van der Waals surface area contributed by atoms with Crippen molar-refractivity contribution in [2.75, 3.05) is 5.32 Å². The van der Waals surface area contributed by atoms with E-state index in [2.05, 4.69) is 10.4 Å². The Morgan fingerprint density at radius 3 is 2.00 bits per heavy atom. The highest BCUT2D eigenvalue weighted by Gasteiger charge is 2.38. The molecule has 3 rings (SSSR count). The molecule has 5 nitrogen and oxygen atoms in total. The zero-order chi connectivity index (χ0) is 22.1. The van der Waals surface area contributed by atoms with Crippen molar-refractivity contribution in [3.8, 4) is 5.69 Å². The molecule has 2 aromatic carbocycles. The lowest BCUT2D eigenvalue weighted by Gasteiger charge is -2.14. The van der Waals surface area contributed by atoms with Crippen LogP contribution in [0.1, 0.15) is 21.6 Å². The van der Waals surface area contributed by atoms with Gasteiger partial charge in [0.15, 0.2) is 5.69 Å². The van der Waals surface area contributed by atoms with Gasteiger partial charge in [-0.2, -0.15) is 36.1 Å². The molecule has 0 bridgehead atoms. The standard InChI is InChI=1S/C19H11F6N3O2/c20-18(21,22)11-6-8-12(9-7-11)26-17(30)16-14(19(23,24)25)10-15(29)28(27-16)13-4-2-1-3-5-13/h1-10H,(H,26,30). The van der Waals surface area contributed by atoms with Crippen LogP contribution in [0.5, 0.6) is 0 Å². The minimum atomic E-state index is -5.06. The highest BCUT2D eigenvalue weighted by Crippen LogP contribution is 2.32. The Bertz CT molecular complexity index is 1120. The van der Waals surface area contributed by atoms with Gasteiger partial charge in [0.1, 0.15) is 0 Å². The predicted molar refractivity (Wildman–Crippen MR) is 94.2 cm³/mol. The molecule has 0 unspecified atom stereocenters. The van der Waals surface area contributed by atoms with Gasteiger partial charge >= 0.3 is 12.4 Å². The van der Waals surface area contributed by atoms with Crippen LogP contribution >= 0.6 is 0 Å². The van der Waals surface area contributed by atoms with Gasteiger partial charge in [-0.1, -0.05) is 18.2 Å². The number of halogens is 6. The topological polar surface area (TPSA) is 64.0 Å². The maximum absolute atomic E-state index is 13.4. The predicted octanol–water partition coefficient (Wildman–Crippen LogP) is 4.52. The van der Waals surface area contributed by atoms with E-state index in [4.69, 9.17) is 0 Å². The van der Waals surface area contributed by atoms with E-state index < -0.39 is 40.6 Å². The quantitative estimate of drug-likeness (QED) is 0.625. The Labute approximate surface area is 164 Å². The van der Waals surface area contributed by atoms with Crippen molar-refractivity contribution in [3.05, 3.63) is 87.8 Å². The Balaban J connectivity index is 2.02. The number of para-hydroxylation sites is 1. The van der Waals surface area contributed by atoms with Gasteiger partial charge in [0.25, 0.3) is 11.5 Å². The van der Waals surface area contributed by atoms with Crippen LogP contribution in [0.2, 0.25) is 0 Å². The molecular formula is C19H11F6N3O2. The Morgan fingerprint density at radius 1 is 0.867 bits per heavy atom. The van der Waals surface area contributed by atoms with Crippen LogP contribution in [0.15, 0.2) is 65.5 Å². The third-order valence-electron chi connectivity index (χ3n) is 3.92. The van der Waals surface area contributed by atoms with E-state index in [1.165, 1.54) is 24.3 Å². The number of aromatic nitrogens is 2. The molecule has 30 heavy (non-hydrogen) atoms. The number of rotatable bonds is 3. The minimum absolute atomic E-state index is 0.125. The number of alkyl halides is 6. The molecule has 0 aliphatic carbocycles. The summed E-state index contributed by atoms with van der Waals surface area (Å²) in [5.41, 5.74) is -4.83. The largest absolute Gasteiger partial charge is 0.418 e. The number of carbonyl (C=O) groups is 1. The number of anilines is 1. The molecular weight excluding hydrogens is 416 g/mol. The van der Waals surface area contributed by atoms with Crippen molar-refractivity contribution in [2.45, 2.75) is 12.4 Å². The summed E-state index contributed by atoms with van der Waals surface area (Å²) in [7, 11) is 0. The molecule has 0 fully saturated rings. The third kappa shape index (κ3) is 4.50. The molecule has 11 heteroatoms. The molecule has 0 aliphatic rings. The molecule has 1 heterocycles. The van der Waals surface area contributed by atoms with Gasteiger partial charge in [-0.25, -0.2) is 0 Å². The Kier molecular flexibility index (Phi) is 5.38. The van der Waals surface area contributed by atoms with E-state index in [9.17, 15) is 35.9 Å². The fourth-order valence-electron chi connectivity index (χ4n) is 2.53. The van der Waals surface area contributed by atoms with Crippen molar-refractivity contribution in [1.29, 1.82) is 0 Å². The van der Waals surface area contributed by atoms with Crippen LogP contribution in [0.4, 0.5) is 32.0 Å². The first-order chi connectivity index (χ1) is 14.0. The van der Waals surface area contributed by atoms with Crippen molar-refractivity contribution in [2.24, 2.45) is 0 Å². The van der Waals surface area contributed by atoms with Crippen molar-refractivity contribution < 1.29 is 31.1 Å². The summed E-state index contributed by atoms with van der Waals surface area (Å²) < 4.78 is 78.5. The van der Waals surface area contributed by atoms with E-state index in [0.717, 1.165) is 12.1 Å². The summed E-state index contributed by atoms with van der Waals surface area (Å²) in [4.78, 5) is 24.6. The van der Waals surface area contributed by atoms with E-state index in [1.54, 1.807) is 6.07 Å². The highest BCUT2D eigenvalue weighted by molar-refractivity contribution is 6.03. The van der Waals surface area contributed by atoms with Gasteiger partial charge in [0, 0.05) is 11.8 Å². The number of nitrogens with zero attached hydrogens (tertiary/aromatic N) is 2. The molecule has 1 amide bonds. The molecule has 156 valence electrons. The molecule has 3 aromatic rings. The zero-order valence-corrected chi connectivity index (χ0v) is 14.8. The fraction of sp³-hybridized carbons (Fsp3) is 0.105. The maximum Gasteiger partial charge on any atom is 0.418 e. The van der Waals surface area contributed by atoms with E-state index in [1.807, 2.05) is 0 Å². The Hall–Kier alpha value is -3.63. The minimum Gasteiger partial charge on any atom is -0.321 e. The van der Waals surface area contributed by atoms with Crippen LogP contribution < -0.4 is 10.9 Å². The Morgan fingerprint density at radius 2 is 1.47 bits per heavy atom. The summed E-state index contributed by atoms with van der Waals surface area (Å²) in [6.45, 7) is 0. The molecule has 1 N–H and O–H groups in total. The molecule has 1 aromatic heterocycles.